The van der Waals surface area contributed by atoms with Crippen LogP contribution in [0.1, 0.15) is 60.3 Å². The molecule has 2 saturated heterocycles. The van der Waals surface area contributed by atoms with Crippen LogP contribution < -0.4 is 15.6 Å². The number of rotatable bonds is 6. The van der Waals surface area contributed by atoms with E-state index in [1.165, 1.54) is 18.2 Å². The zero-order valence-corrected chi connectivity index (χ0v) is 22.2. The highest BCUT2D eigenvalue weighted by atomic mass is 19.1. The fourth-order valence-corrected chi connectivity index (χ4v) is 5.85. The molecule has 3 aromatic rings. The third-order valence-electron chi connectivity index (χ3n) is 7.74. The van der Waals surface area contributed by atoms with E-state index in [1.54, 1.807) is 62.9 Å². The molecule has 39 heavy (non-hydrogen) atoms. The molecule has 2 aromatic carbocycles. The molecule has 0 saturated carbocycles. The maximum atomic E-state index is 13.7. The number of aliphatic hydroxyl groups is 1. The Balaban J connectivity index is 1.38. The summed E-state index contributed by atoms with van der Waals surface area (Å²) in [6.07, 6.45) is 1.48. The molecule has 1 aromatic heterocycles. The Labute approximate surface area is 225 Å². The molecule has 3 atom stereocenters. The highest BCUT2D eigenvalue weighted by Crippen LogP contribution is 2.52. The van der Waals surface area contributed by atoms with Crippen molar-refractivity contribution in [2.75, 3.05) is 0 Å². The number of aromatic amines is 1. The van der Waals surface area contributed by atoms with E-state index >= 15 is 0 Å². The van der Waals surface area contributed by atoms with Gasteiger partial charge >= 0.3 is 5.56 Å². The van der Waals surface area contributed by atoms with Crippen molar-refractivity contribution in [3.63, 3.8) is 0 Å². The minimum atomic E-state index is -1.15. The first-order valence-electron chi connectivity index (χ1n) is 12.9. The smallest absolute Gasteiger partial charge is 0.307 e. The predicted molar refractivity (Wildman–Crippen MR) is 141 cm³/mol. The largest absolute Gasteiger partial charge is 0.451 e. The van der Waals surface area contributed by atoms with Gasteiger partial charge in [-0.25, -0.2) is 9.49 Å². The van der Waals surface area contributed by atoms with Gasteiger partial charge in [-0.15, -0.1) is 0 Å². The van der Waals surface area contributed by atoms with Crippen molar-refractivity contribution in [3.05, 3.63) is 87.1 Å². The zero-order valence-electron chi connectivity index (χ0n) is 22.2. The second kappa shape index (κ2) is 9.60. The van der Waals surface area contributed by atoms with Crippen molar-refractivity contribution in [2.45, 2.75) is 70.2 Å². The average molecular weight is 535 g/mol. The molecule has 3 N–H and O–H groups in total. The number of benzene rings is 2. The number of hydrogen-bond donors (Lipinski definition) is 3. The molecule has 2 aliphatic rings. The van der Waals surface area contributed by atoms with Gasteiger partial charge in [0.2, 0.25) is 5.91 Å². The van der Waals surface area contributed by atoms with Crippen LogP contribution in [0, 0.1) is 19.7 Å². The molecule has 0 spiro atoms. The van der Waals surface area contributed by atoms with Gasteiger partial charge in [0.05, 0.1) is 22.9 Å². The first-order valence-corrected chi connectivity index (χ1v) is 12.9. The predicted octanol–water partition coefficient (Wildman–Crippen LogP) is 3.48. The van der Waals surface area contributed by atoms with Crippen molar-refractivity contribution >= 4 is 11.8 Å². The summed E-state index contributed by atoms with van der Waals surface area (Å²) in [5.74, 6) is -0.590. The zero-order chi connectivity index (χ0) is 28.1. The fourth-order valence-electron chi connectivity index (χ4n) is 5.85. The summed E-state index contributed by atoms with van der Waals surface area (Å²) >= 11 is 0. The molecule has 9 nitrogen and oxygen atoms in total. The van der Waals surface area contributed by atoms with E-state index in [0.717, 1.165) is 5.56 Å². The molecule has 5 rings (SSSR count). The maximum Gasteiger partial charge on any atom is 0.307 e. The third-order valence-corrected chi connectivity index (χ3v) is 7.74. The second-order valence-electron chi connectivity index (χ2n) is 11.0. The number of carbonyl (C=O) groups excluding carboxylic acids is 2. The van der Waals surface area contributed by atoms with Crippen LogP contribution in [0.4, 0.5) is 4.39 Å². The lowest BCUT2D eigenvalue weighted by molar-refractivity contribution is -0.138. The van der Waals surface area contributed by atoms with Crippen LogP contribution in [0.3, 0.4) is 0 Å². The molecular weight excluding hydrogens is 503 g/mol. The standard InChI is InChI=1S/C29H31FN4O5/c1-16-13-18(5-10-22(16)39-23-14-17(2)32-33-26(23)36)25(35)31-21-15-29(19-6-8-20(30)9-7-19)12-11-24(28(3,4)38)34(29)27(21)37/h5-10,13-14,21,24,38H,11-12,15H2,1-4H3,(H,31,35)(H,33,36)/t21-,24+,29+/m0/s1. The Morgan fingerprint density at radius 2 is 1.87 bits per heavy atom. The van der Waals surface area contributed by atoms with Crippen LogP contribution in [-0.4, -0.2) is 49.7 Å². The first-order chi connectivity index (χ1) is 18.4. The number of hydrogen-bond acceptors (Lipinski definition) is 6. The van der Waals surface area contributed by atoms with Gasteiger partial charge in [0.15, 0.2) is 5.75 Å². The van der Waals surface area contributed by atoms with Crippen LogP contribution in [0.25, 0.3) is 0 Å². The van der Waals surface area contributed by atoms with Crippen LogP contribution in [0.15, 0.2) is 53.3 Å². The summed E-state index contributed by atoms with van der Waals surface area (Å²) in [5.41, 5.74) is -0.0601. The summed E-state index contributed by atoms with van der Waals surface area (Å²) in [7, 11) is 0. The molecule has 0 aliphatic carbocycles. The minimum Gasteiger partial charge on any atom is -0.451 e. The average Bonchev–Trinajstić information content (AvgIpc) is 3.39. The molecule has 204 valence electrons. The summed E-state index contributed by atoms with van der Waals surface area (Å²) in [6.45, 7) is 6.82. The van der Waals surface area contributed by atoms with E-state index in [-0.39, 0.29) is 17.5 Å². The van der Waals surface area contributed by atoms with Crippen molar-refractivity contribution in [3.8, 4) is 11.5 Å². The Hall–Kier alpha value is -4.05. The van der Waals surface area contributed by atoms with Gasteiger partial charge in [-0.2, -0.15) is 5.10 Å². The molecule has 2 aliphatic heterocycles. The summed E-state index contributed by atoms with van der Waals surface area (Å²) < 4.78 is 19.5. The van der Waals surface area contributed by atoms with Crippen LogP contribution in [-0.2, 0) is 10.3 Å². The topological polar surface area (TPSA) is 125 Å². The Morgan fingerprint density at radius 1 is 1.15 bits per heavy atom. The third kappa shape index (κ3) is 4.80. The molecule has 0 radical (unpaired) electrons. The summed E-state index contributed by atoms with van der Waals surface area (Å²) in [6, 6.07) is 11.1. The molecule has 10 heteroatoms. The van der Waals surface area contributed by atoms with E-state index in [1.807, 2.05) is 0 Å². The van der Waals surface area contributed by atoms with Gasteiger partial charge in [0, 0.05) is 18.1 Å². The lowest BCUT2D eigenvalue weighted by Crippen LogP contribution is -2.53. The quantitative estimate of drug-likeness (QED) is 0.445. The molecule has 0 bridgehead atoms. The summed E-state index contributed by atoms with van der Waals surface area (Å²) in [4.78, 5) is 40.7. The number of carbonyl (C=O) groups is 2. The second-order valence-corrected chi connectivity index (χ2v) is 11.0. The van der Waals surface area contributed by atoms with Gasteiger partial charge in [0.1, 0.15) is 17.6 Å². The molecule has 3 heterocycles. The number of nitrogens with one attached hydrogen (secondary N) is 2. The number of aryl methyl sites for hydroxylation is 2. The van der Waals surface area contributed by atoms with Crippen LogP contribution in [0.2, 0.25) is 0 Å². The number of fused-ring (bicyclic) bond motifs is 1. The van der Waals surface area contributed by atoms with Gasteiger partial charge in [-0.1, -0.05) is 12.1 Å². The Morgan fingerprint density at radius 3 is 2.54 bits per heavy atom. The molecular formula is C29H31FN4O5. The maximum absolute atomic E-state index is 13.7. The first kappa shape index (κ1) is 26.6. The molecule has 2 amide bonds. The Kier molecular flexibility index (Phi) is 6.54. The van der Waals surface area contributed by atoms with Crippen molar-refractivity contribution < 1.29 is 23.8 Å². The van der Waals surface area contributed by atoms with Crippen molar-refractivity contribution in [1.82, 2.24) is 20.4 Å². The Bertz CT molecular complexity index is 1500. The molecule has 2 fully saturated rings. The van der Waals surface area contributed by atoms with Crippen molar-refractivity contribution in [1.29, 1.82) is 0 Å². The van der Waals surface area contributed by atoms with E-state index in [0.29, 0.717) is 41.8 Å². The highest BCUT2D eigenvalue weighted by molar-refractivity contribution is 5.99. The van der Waals surface area contributed by atoms with Crippen LogP contribution >= 0.6 is 0 Å². The number of nitrogens with zero attached hydrogens (tertiary/aromatic N) is 2. The number of H-pyrrole nitrogens is 1. The lowest BCUT2D eigenvalue weighted by Gasteiger charge is -2.39. The lowest BCUT2D eigenvalue weighted by atomic mass is 9.84. The van der Waals surface area contributed by atoms with E-state index < -0.39 is 34.7 Å². The van der Waals surface area contributed by atoms with Crippen LogP contribution in [0.5, 0.6) is 11.5 Å². The monoisotopic (exact) mass is 534 g/mol. The van der Waals surface area contributed by atoms with Gasteiger partial charge in [-0.05, 0) is 82.0 Å². The number of aromatic nitrogens is 2. The highest BCUT2D eigenvalue weighted by Gasteiger charge is 2.60. The minimum absolute atomic E-state index is 0.0902. The van der Waals surface area contributed by atoms with Gasteiger partial charge in [-0.3, -0.25) is 14.4 Å². The van der Waals surface area contributed by atoms with E-state index in [4.69, 9.17) is 4.74 Å². The number of ether oxygens (including phenoxy) is 1. The fraction of sp³-hybridized carbons (Fsp3) is 0.379. The normalized spacial score (nSPS) is 22.6. The van der Waals surface area contributed by atoms with Gasteiger partial charge in [0.25, 0.3) is 5.91 Å². The SMILES string of the molecule is Cc1cc(Oc2ccc(C(=O)N[C@H]3C[C@@]4(c5ccc(F)cc5)CC[C@H](C(C)(C)O)N4C3=O)cc2C)c(=O)[nH]n1. The van der Waals surface area contributed by atoms with Crippen molar-refractivity contribution in [2.24, 2.45) is 0 Å². The number of halogens is 1. The van der Waals surface area contributed by atoms with E-state index in [2.05, 4.69) is 15.5 Å². The van der Waals surface area contributed by atoms with E-state index in [9.17, 15) is 23.9 Å². The number of amides is 2. The summed E-state index contributed by atoms with van der Waals surface area (Å²) in [5, 5.41) is 19.9. The van der Waals surface area contributed by atoms with Gasteiger partial charge < -0.3 is 20.1 Å². The molecule has 0 unspecified atom stereocenters.